The number of nitrogens with zero attached hydrogens (tertiary/aromatic N) is 1. The van der Waals surface area contributed by atoms with Crippen molar-refractivity contribution in [2.24, 2.45) is 0 Å². The van der Waals surface area contributed by atoms with Gasteiger partial charge >= 0.3 is 5.97 Å². The van der Waals surface area contributed by atoms with Gasteiger partial charge in [0.1, 0.15) is 11.1 Å². The van der Waals surface area contributed by atoms with Crippen molar-refractivity contribution in [1.29, 1.82) is 0 Å². The van der Waals surface area contributed by atoms with Gasteiger partial charge in [0, 0.05) is 24.6 Å². The molecule has 0 aliphatic carbocycles. The molecule has 0 saturated carbocycles. The van der Waals surface area contributed by atoms with Crippen LogP contribution in [0.15, 0.2) is 29.6 Å². The second-order valence-corrected chi connectivity index (χ2v) is 5.75. The first kappa shape index (κ1) is 17.1. The Morgan fingerprint density at radius 1 is 1.43 bits per heavy atom. The maximum absolute atomic E-state index is 11.9. The van der Waals surface area contributed by atoms with Gasteiger partial charge < -0.3 is 15.2 Å². The molecule has 0 radical (unpaired) electrons. The van der Waals surface area contributed by atoms with Gasteiger partial charge in [-0.05, 0) is 18.1 Å². The molecule has 1 unspecified atom stereocenters. The molecule has 2 rings (SSSR count). The van der Waals surface area contributed by atoms with Gasteiger partial charge in [-0.2, -0.15) is 0 Å². The van der Waals surface area contributed by atoms with E-state index in [9.17, 15) is 9.59 Å². The number of carboxylic acids is 1. The molecule has 0 saturated heterocycles. The number of hydrogen-bond acceptors (Lipinski definition) is 5. The first-order valence-electron chi connectivity index (χ1n) is 7.13. The van der Waals surface area contributed by atoms with Crippen LogP contribution in [0.1, 0.15) is 29.4 Å². The zero-order chi connectivity index (χ0) is 16.8. The number of methoxy groups -OCH3 is 1. The molecule has 1 aromatic heterocycles. The Bertz CT molecular complexity index is 695. The summed E-state index contributed by atoms with van der Waals surface area (Å²) in [4.78, 5) is 26.9. The van der Waals surface area contributed by atoms with E-state index < -0.39 is 12.1 Å². The number of aromatic carboxylic acids is 1. The summed E-state index contributed by atoms with van der Waals surface area (Å²) in [5.41, 5.74) is 1.77. The Morgan fingerprint density at radius 2 is 2.22 bits per heavy atom. The molecule has 2 N–H and O–H groups in total. The molecular weight excluding hydrogens is 316 g/mol. The van der Waals surface area contributed by atoms with E-state index >= 15 is 0 Å². The van der Waals surface area contributed by atoms with Crippen LogP contribution in [0.3, 0.4) is 0 Å². The zero-order valence-electron chi connectivity index (χ0n) is 12.9. The van der Waals surface area contributed by atoms with Gasteiger partial charge in [0.05, 0.1) is 0 Å². The number of amides is 1. The second kappa shape index (κ2) is 7.85. The lowest BCUT2D eigenvalue weighted by molar-refractivity contribution is -0.131. The molecule has 6 nitrogen and oxygen atoms in total. The van der Waals surface area contributed by atoms with Crippen LogP contribution in [0.5, 0.6) is 0 Å². The number of ether oxygens (including phenoxy) is 1. The molecule has 0 bridgehead atoms. The molecule has 0 aliphatic rings. The standard InChI is InChI=1S/C16H18N2O4S/c1-3-13(22-2)14(19)17-8-10-5-4-6-11(7-10)15-18-12(9-23-15)16(20)21/h4-7,9,13H,3,8H2,1-2H3,(H,17,19)(H,20,21). The predicted octanol–water partition coefficient (Wildman–Crippen LogP) is 2.55. The Morgan fingerprint density at radius 3 is 2.83 bits per heavy atom. The quantitative estimate of drug-likeness (QED) is 0.812. The molecule has 0 aliphatic heterocycles. The van der Waals surface area contributed by atoms with E-state index in [1.54, 1.807) is 0 Å². The van der Waals surface area contributed by atoms with Gasteiger partial charge in [0.15, 0.2) is 5.69 Å². The highest BCUT2D eigenvalue weighted by molar-refractivity contribution is 7.13. The molecule has 1 atom stereocenters. The fraction of sp³-hybridized carbons (Fsp3) is 0.312. The van der Waals surface area contributed by atoms with E-state index in [-0.39, 0.29) is 11.6 Å². The SMILES string of the molecule is CCC(OC)C(=O)NCc1cccc(-c2nc(C(=O)O)cs2)c1. The number of carboxylic acid groups (broad SMARTS) is 1. The number of aromatic nitrogens is 1. The molecule has 2 aromatic rings. The van der Waals surface area contributed by atoms with Crippen LogP contribution in [-0.2, 0) is 16.1 Å². The van der Waals surface area contributed by atoms with Crippen molar-refractivity contribution in [3.63, 3.8) is 0 Å². The zero-order valence-corrected chi connectivity index (χ0v) is 13.7. The molecule has 1 aromatic carbocycles. The molecule has 23 heavy (non-hydrogen) atoms. The van der Waals surface area contributed by atoms with Gasteiger partial charge in [-0.25, -0.2) is 9.78 Å². The van der Waals surface area contributed by atoms with Crippen molar-refractivity contribution in [3.8, 4) is 10.6 Å². The summed E-state index contributed by atoms with van der Waals surface area (Å²) in [7, 11) is 1.51. The normalized spacial score (nSPS) is 11.9. The van der Waals surface area contributed by atoms with Gasteiger partial charge in [-0.3, -0.25) is 4.79 Å². The van der Waals surface area contributed by atoms with E-state index in [1.165, 1.54) is 23.8 Å². The third-order valence-electron chi connectivity index (χ3n) is 3.31. The van der Waals surface area contributed by atoms with Crippen LogP contribution in [0, 0.1) is 0 Å². The summed E-state index contributed by atoms with van der Waals surface area (Å²) >= 11 is 1.28. The van der Waals surface area contributed by atoms with E-state index in [4.69, 9.17) is 9.84 Å². The summed E-state index contributed by atoms with van der Waals surface area (Å²) in [6.45, 7) is 2.26. The number of nitrogens with one attached hydrogen (secondary N) is 1. The van der Waals surface area contributed by atoms with Gasteiger partial charge in [0.2, 0.25) is 5.91 Å². The summed E-state index contributed by atoms with van der Waals surface area (Å²) < 4.78 is 5.09. The fourth-order valence-corrected chi connectivity index (χ4v) is 2.87. The van der Waals surface area contributed by atoms with Crippen LogP contribution in [-0.4, -0.2) is 35.2 Å². The van der Waals surface area contributed by atoms with Crippen molar-refractivity contribution in [2.45, 2.75) is 26.0 Å². The number of benzene rings is 1. The smallest absolute Gasteiger partial charge is 0.355 e. The molecular formula is C16H18N2O4S. The number of hydrogen-bond donors (Lipinski definition) is 2. The average Bonchev–Trinajstić information content (AvgIpc) is 3.05. The minimum Gasteiger partial charge on any atom is -0.476 e. The van der Waals surface area contributed by atoms with Crippen LogP contribution >= 0.6 is 11.3 Å². The molecule has 1 amide bonds. The third-order valence-corrected chi connectivity index (χ3v) is 4.20. The van der Waals surface area contributed by atoms with Crippen molar-refractivity contribution in [1.82, 2.24) is 10.3 Å². The van der Waals surface area contributed by atoms with Crippen molar-refractivity contribution < 1.29 is 19.4 Å². The highest BCUT2D eigenvalue weighted by atomic mass is 32.1. The maximum atomic E-state index is 11.9. The molecule has 0 spiro atoms. The number of rotatable bonds is 7. The Kier molecular flexibility index (Phi) is 5.84. The van der Waals surface area contributed by atoms with Crippen LogP contribution in [0.2, 0.25) is 0 Å². The Hall–Kier alpha value is -2.25. The molecule has 122 valence electrons. The van der Waals surface area contributed by atoms with Crippen molar-refractivity contribution in [2.75, 3.05) is 7.11 Å². The summed E-state index contributed by atoms with van der Waals surface area (Å²) in [6, 6.07) is 7.49. The monoisotopic (exact) mass is 334 g/mol. The van der Waals surface area contributed by atoms with Gasteiger partial charge in [0.25, 0.3) is 0 Å². The van der Waals surface area contributed by atoms with E-state index in [0.29, 0.717) is 18.0 Å². The van der Waals surface area contributed by atoms with Gasteiger partial charge in [-0.1, -0.05) is 25.1 Å². The minimum absolute atomic E-state index is 0.0367. The Balaban J connectivity index is 2.07. The van der Waals surface area contributed by atoms with Crippen molar-refractivity contribution in [3.05, 3.63) is 40.9 Å². The lowest BCUT2D eigenvalue weighted by Gasteiger charge is -2.13. The first-order chi connectivity index (χ1) is 11.0. The third kappa shape index (κ3) is 4.37. The summed E-state index contributed by atoms with van der Waals surface area (Å²) in [5.74, 6) is -1.19. The van der Waals surface area contributed by atoms with Crippen LogP contribution in [0.25, 0.3) is 10.6 Å². The van der Waals surface area contributed by atoms with Crippen LogP contribution < -0.4 is 5.32 Å². The van der Waals surface area contributed by atoms with E-state index in [0.717, 1.165) is 11.1 Å². The number of carbonyl (C=O) groups excluding carboxylic acids is 1. The maximum Gasteiger partial charge on any atom is 0.355 e. The lowest BCUT2D eigenvalue weighted by atomic mass is 10.1. The lowest BCUT2D eigenvalue weighted by Crippen LogP contribution is -2.34. The Labute approximate surface area is 138 Å². The predicted molar refractivity (Wildman–Crippen MR) is 87.4 cm³/mol. The van der Waals surface area contributed by atoms with Crippen LogP contribution in [0.4, 0.5) is 0 Å². The summed E-state index contributed by atoms with van der Waals surface area (Å²) in [5, 5.41) is 13.9. The van der Waals surface area contributed by atoms with Gasteiger partial charge in [-0.15, -0.1) is 11.3 Å². The molecule has 7 heteroatoms. The minimum atomic E-state index is -1.04. The van der Waals surface area contributed by atoms with E-state index in [1.807, 2.05) is 31.2 Å². The number of thiazole rings is 1. The largest absolute Gasteiger partial charge is 0.476 e. The second-order valence-electron chi connectivity index (χ2n) is 4.89. The average molecular weight is 334 g/mol. The van der Waals surface area contributed by atoms with E-state index in [2.05, 4.69) is 10.3 Å². The molecule has 0 fully saturated rings. The first-order valence-corrected chi connectivity index (χ1v) is 8.01. The highest BCUT2D eigenvalue weighted by Gasteiger charge is 2.15. The molecule has 1 heterocycles. The highest BCUT2D eigenvalue weighted by Crippen LogP contribution is 2.24. The van der Waals surface area contributed by atoms with Crippen molar-refractivity contribution >= 4 is 23.2 Å². The number of carbonyl (C=O) groups is 2. The fourth-order valence-electron chi connectivity index (χ4n) is 2.08. The summed E-state index contributed by atoms with van der Waals surface area (Å²) in [6.07, 6.45) is 0.162. The topological polar surface area (TPSA) is 88.5 Å².